The number of hydrogen-bond donors (Lipinski definition) is 4. The second kappa shape index (κ2) is 10.6. The van der Waals surface area contributed by atoms with Gasteiger partial charge in [0.2, 0.25) is 5.85 Å². The molecule has 2 atom stereocenters. The van der Waals surface area contributed by atoms with E-state index in [-0.39, 0.29) is 12.2 Å². The normalized spacial score (nSPS) is 21.3. The van der Waals surface area contributed by atoms with Gasteiger partial charge in [-0.15, -0.1) is 0 Å². The molecule has 0 radical (unpaired) electrons. The maximum absolute atomic E-state index is 15.5. The van der Waals surface area contributed by atoms with Gasteiger partial charge < -0.3 is 9.53 Å². The minimum absolute atomic E-state index is 0.111. The zero-order valence-corrected chi connectivity index (χ0v) is 20.0. The summed E-state index contributed by atoms with van der Waals surface area (Å²) in [6.07, 6.45) is 0.754. The summed E-state index contributed by atoms with van der Waals surface area (Å²) in [6, 6.07) is 23.7. The minimum atomic E-state index is -1.34. The van der Waals surface area contributed by atoms with Gasteiger partial charge in [-0.25, -0.2) is 9.38 Å². The Morgan fingerprint density at radius 3 is 2.09 bits per heavy atom. The van der Waals surface area contributed by atoms with Gasteiger partial charge in [-0.1, -0.05) is 60.7 Å². The van der Waals surface area contributed by atoms with Gasteiger partial charge in [0.1, 0.15) is 12.1 Å². The maximum atomic E-state index is 15.5. The first-order chi connectivity index (χ1) is 17.0. The number of ether oxygens (including phenoxy) is 1. The second-order valence-corrected chi connectivity index (χ2v) is 8.24. The molecule has 4 rings (SSSR count). The molecule has 1 heterocycles. The van der Waals surface area contributed by atoms with Gasteiger partial charge in [-0.3, -0.25) is 21.3 Å². The fraction of sp³-hybridized carbons (Fsp3) is 0.259. The average molecular weight is 476 g/mol. The number of morpholine rings is 1. The lowest BCUT2D eigenvalue weighted by Crippen LogP contribution is -2.82. The molecule has 0 bridgehead atoms. The van der Waals surface area contributed by atoms with Crippen LogP contribution in [0.4, 0.5) is 10.1 Å². The Kier molecular flexibility index (Phi) is 7.49. The Labute approximate surface area is 204 Å². The molecule has 4 N–H and O–H groups in total. The minimum Gasteiger partial charge on any atom is -0.342 e. The maximum Gasteiger partial charge on any atom is 0.211 e. The first-order valence-corrected chi connectivity index (χ1v) is 11.5. The van der Waals surface area contributed by atoms with E-state index >= 15 is 4.39 Å². The highest BCUT2D eigenvalue weighted by Crippen LogP contribution is 2.36. The Hall–Kier alpha value is -3.27. The van der Waals surface area contributed by atoms with Gasteiger partial charge in [-0.2, -0.15) is 0 Å². The highest BCUT2D eigenvalue weighted by Gasteiger charge is 2.57. The fourth-order valence-corrected chi connectivity index (χ4v) is 4.60. The molecule has 0 amide bonds. The summed E-state index contributed by atoms with van der Waals surface area (Å²) in [5.74, 6) is -1.73. The predicted molar refractivity (Wildman–Crippen MR) is 135 cm³/mol. The number of aliphatic imine (C=N–C) groups is 1. The molecule has 1 fully saturated rings. The highest BCUT2D eigenvalue weighted by molar-refractivity contribution is 6.13. The molecule has 2 unspecified atom stereocenters. The molecular formula is C27H30FN5O2. The SMILES string of the molecule is CNC1(NC)OCC(C=O)NC1(NC)c1cc(N=C(c2ccccc2)c2ccccc2)ccc1F. The lowest BCUT2D eigenvalue weighted by molar-refractivity contribution is -0.200. The molecule has 0 aromatic heterocycles. The topological polar surface area (TPSA) is 86.8 Å². The third-order valence-electron chi connectivity index (χ3n) is 6.34. The zero-order chi connectivity index (χ0) is 24.9. The smallest absolute Gasteiger partial charge is 0.211 e. The lowest BCUT2D eigenvalue weighted by Gasteiger charge is -2.54. The molecule has 0 aliphatic carbocycles. The molecule has 3 aromatic carbocycles. The number of nitrogens with one attached hydrogen (secondary N) is 4. The van der Waals surface area contributed by atoms with E-state index < -0.39 is 23.4 Å². The third-order valence-corrected chi connectivity index (χ3v) is 6.34. The van der Waals surface area contributed by atoms with Crippen molar-refractivity contribution in [3.8, 4) is 0 Å². The number of nitrogens with zero attached hydrogens (tertiary/aromatic N) is 1. The van der Waals surface area contributed by atoms with Gasteiger partial charge in [0.15, 0.2) is 5.66 Å². The quantitative estimate of drug-likeness (QED) is 0.228. The Balaban J connectivity index is 1.90. The summed E-state index contributed by atoms with van der Waals surface area (Å²) in [5, 5.41) is 12.6. The van der Waals surface area contributed by atoms with Crippen LogP contribution in [0.15, 0.2) is 83.9 Å². The summed E-state index contributed by atoms with van der Waals surface area (Å²) in [4.78, 5) is 16.6. The van der Waals surface area contributed by atoms with Crippen molar-refractivity contribution in [3.05, 3.63) is 101 Å². The second-order valence-electron chi connectivity index (χ2n) is 8.24. The van der Waals surface area contributed by atoms with Gasteiger partial charge in [-0.05, 0) is 39.3 Å². The summed E-state index contributed by atoms with van der Waals surface area (Å²) in [7, 11) is 5.09. The van der Waals surface area contributed by atoms with Crippen LogP contribution in [-0.2, 0) is 15.2 Å². The summed E-state index contributed by atoms with van der Waals surface area (Å²) < 4.78 is 21.6. The van der Waals surface area contributed by atoms with E-state index in [1.54, 1.807) is 33.3 Å². The van der Waals surface area contributed by atoms with Gasteiger partial charge in [0.05, 0.1) is 24.0 Å². The molecule has 0 saturated carbocycles. The predicted octanol–water partition coefficient (Wildman–Crippen LogP) is 2.65. The van der Waals surface area contributed by atoms with E-state index in [2.05, 4.69) is 21.3 Å². The van der Waals surface area contributed by atoms with Crippen molar-refractivity contribution in [2.45, 2.75) is 17.6 Å². The van der Waals surface area contributed by atoms with Crippen LogP contribution >= 0.6 is 0 Å². The van der Waals surface area contributed by atoms with E-state index in [9.17, 15) is 4.79 Å². The third kappa shape index (κ3) is 4.54. The first-order valence-electron chi connectivity index (χ1n) is 11.5. The number of aldehydes is 1. The first kappa shape index (κ1) is 24.8. The molecule has 0 spiro atoms. The molecule has 35 heavy (non-hydrogen) atoms. The zero-order valence-electron chi connectivity index (χ0n) is 20.0. The molecule has 1 saturated heterocycles. The van der Waals surface area contributed by atoms with E-state index in [0.717, 1.165) is 23.1 Å². The van der Waals surface area contributed by atoms with Crippen molar-refractivity contribution < 1.29 is 13.9 Å². The van der Waals surface area contributed by atoms with E-state index in [4.69, 9.17) is 9.73 Å². The molecule has 1 aliphatic rings. The van der Waals surface area contributed by atoms with Crippen molar-refractivity contribution in [1.29, 1.82) is 0 Å². The highest BCUT2D eigenvalue weighted by atomic mass is 19.1. The fourth-order valence-electron chi connectivity index (χ4n) is 4.60. The summed E-state index contributed by atoms with van der Waals surface area (Å²) >= 11 is 0. The van der Waals surface area contributed by atoms with Crippen molar-refractivity contribution in [3.63, 3.8) is 0 Å². The van der Waals surface area contributed by atoms with E-state index in [0.29, 0.717) is 5.69 Å². The largest absolute Gasteiger partial charge is 0.342 e. The van der Waals surface area contributed by atoms with Crippen molar-refractivity contribution in [1.82, 2.24) is 21.3 Å². The van der Waals surface area contributed by atoms with Crippen LogP contribution in [-0.4, -0.2) is 51.6 Å². The van der Waals surface area contributed by atoms with Crippen molar-refractivity contribution in [2.24, 2.45) is 4.99 Å². The van der Waals surface area contributed by atoms with Crippen LogP contribution < -0.4 is 21.3 Å². The molecular weight excluding hydrogens is 445 g/mol. The Bertz CT molecular complexity index is 1140. The standard InChI is InChI=1S/C27H30FN5O2/c1-29-26(27(30-2,31-3)35-18-22(17-34)33-26)23-16-21(14-15-24(23)28)32-25(19-10-6-4-7-11-19)20-12-8-5-9-13-20/h4-17,22,29-31,33H,18H2,1-3H3. The molecule has 182 valence electrons. The number of likely N-dealkylation sites (N-methyl/N-ethyl adjacent to an activating group) is 3. The van der Waals surface area contributed by atoms with E-state index in [1.165, 1.54) is 6.07 Å². The van der Waals surface area contributed by atoms with Crippen LogP contribution in [0.1, 0.15) is 16.7 Å². The molecule has 8 heteroatoms. The summed E-state index contributed by atoms with van der Waals surface area (Å²) in [6.45, 7) is 0.111. The van der Waals surface area contributed by atoms with Crippen molar-refractivity contribution >= 4 is 17.7 Å². The summed E-state index contributed by atoms with van der Waals surface area (Å²) in [5.41, 5.74) is 2.09. The van der Waals surface area contributed by atoms with Gasteiger partial charge in [0, 0.05) is 16.7 Å². The number of hydrogen-bond acceptors (Lipinski definition) is 7. The molecule has 1 aliphatic heterocycles. The van der Waals surface area contributed by atoms with Crippen LogP contribution in [0.5, 0.6) is 0 Å². The number of benzene rings is 3. The number of carbonyl (C=O) groups is 1. The molecule has 3 aromatic rings. The van der Waals surface area contributed by atoms with Gasteiger partial charge >= 0.3 is 0 Å². The number of rotatable bonds is 8. The Morgan fingerprint density at radius 2 is 1.57 bits per heavy atom. The lowest BCUT2D eigenvalue weighted by atomic mass is 9.89. The Morgan fingerprint density at radius 1 is 0.971 bits per heavy atom. The van der Waals surface area contributed by atoms with Crippen LogP contribution in [0.2, 0.25) is 0 Å². The number of halogens is 1. The van der Waals surface area contributed by atoms with Crippen LogP contribution in [0.3, 0.4) is 0 Å². The van der Waals surface area contributed by atoms with Gasteiger partial charge in [0.25, 0.3) is 0 Å². The average Bonchev–Trinajstić information content (AvgIpc) is 2.93. The number of carbonyl (C=O) groups excluding carboxylic acids is 1. The van der Waals surface area contributed by atoms with Crippen molar-refractivity contribution in [2.75, 3.05) is 27.7 Å². The molecule has 7 nitrogen and oxygen atoms in total. The van der Waals surface area contributed by atoms with Crippen LogP contribution in [0, 0.1) is 5.82 Å². The van der Waals surface area contributed by atoms with Crippen LogP contribution in [0.25, 0.3) is 0 Å². The monoisotopic (exact) mass is 475 g/mol. The van der Waals surface area contributed by atoms with E-state index in [1.807, 2.05) is 60.7 Å².